The number of amides is 2. The number of rotatable bonds is 7. The van der Waals surface area contributed by atoms with Gasteiger partial charge in [0, 0.05) is 38.2 Å². The molecule has 1 saturated heterocycles. The SMILES string of the molecule is CCC1CCCCN1C(=O)CCN(c1cccc(NC(C)=O)c1)S(C)(=O)=O. The summed E-state index contributed by atoms with van der Waals surface area (Å²) in [5.74, 6) is -0.239. The molecule has 0 aliphatic carbocycles. The molecule has 0 aromatic heterocycles. The second kappa shape index (κ2) is 9.21. The Morgan fingerprint density at radius 3 is 2.67 bits per heavy atom. The molecule has 1 fully saturated rings. The number of hydrogen-bond acceptors (Lipinski definition) is 4. The third kappa shape index (κ3) is 5.95. The minimum atomic E-state index is -3.56. The van der Waals surface area contributed by atoms with Gasteiger partial charge >= 0.3 is 0 Å². The molecule has 7 nitrogen and oxygen atoms in total. The van der Waals surface area contributed by atoms with Gasteiger partial charge in [0.05, 0.1) is 11.9 Å². The van der Waals surface area contributed by atoms with Gasteiger partial charge in [-0.05, 0) is 43.9 Å². The highest BCUT2D eigenvalue weighted by molar-refractivity contribution is 7.92. The van der Waals surface area contributed by atoms with E-state index in [1.54, 1.807) is 24.3 Å². The summed E-state index contributed by atoms with van der Waals surface area (Å²) in [5.41, 5.74) is 0.948. The first kappa shape index (κ1) is 21.2. The van der Waals surface area contributed by atoms with E-state index in [0.29, 0.717) is 11.4 Å². The quantitative estimate of drug-likeness (QED) is 0.769. The monoisotopic (exact) mass is 395 g/mol. The number of sulfonamides is 1. The molecule has 27 heavy (non-hydrogen) atoms. The largest absolute Gasteiger partial charge is 0.340 e. The van der Waals surface area contributed by atoms with Crippen LogP contribution in [-0.4, -0.2) is 50.5 Å². The molecule has 2 rings (SSSR count). The normalized spacial score (nSPS) is 17.4. The van der Waals surface area contributed by atoms with Crippen molar-refractivity contribution in [3.05, 3.63) is 24.3 Å². The summed E-state index contributed by atoms with van der Waals surface area (Å²) in [6.45, 7) is 4.29. The highest BCUT2D eigenvalue weighted by Crippen LogP contribution is 2.24. The number of hydrogen-bond donors (Lipinski definition) is 1. The molecule has 2 amide bonds. The Kier molecular flexibility index (Phi) is 7.24. The summed E-state index contributed by atoms with van der Waals surface area (Å²) in [7, 11) is -3.56. The maximum atomic E-state index is 12.7. The number of piperidine rings is 1. The van der Waals surface area contributed by atoms with Gasteiger partial charge in [-0.25, -0.2) is 8.42 Å². The summed E-state index contributed by atoms with van der Waals surface area (Å²) in [6, 6.07) is 6.88. The van der Waals surface area contributed by atoms with Gasteiger partial charge in [-0.3, -0.25) is 13.9 Å². The standard InChI is InChI=1S/C19H29N3O4S/c1-4-17-9-5-6-12-21(17)19(24)11-13-22(27(3,25)26)18-10-7-8-16(14-18)20-15(2)23/h7-8,10,14,17H,4-6,9,11-13H2,1-3H3,(H,20,23). The summed E-state index contributed by atoms with van der Waals surface area (Å²) in [4.78, 5) is 25.8. The molecule has 1 aliphatic rings. The van der Waals surface area contributed by atoms with Crippen LogP contribution in [0.25, 0.3) is 0 Å². The molecule has 1 unspecified atom stereocenters. The molecule has 150 valence electrons. The van der Waals surface area contributed by atoms with Crippen molar-refractivity contribution in [3.63, 3.8) is 0 Å². The number of carbonyl (C=O) groups excluding carboxylic acids is 2. The van der Waals surface area contributed by atoms with E-state index in [2.05, 4.69) is 12.2 Å². The first-order chi connectivity index (χ1) is 12.7. The predicted octanol–water partition coefficient (Wildman–Crippen LogP) is 2.59. The zero-order valence-corrected chi connectivity index (χ0v) is 17.1. The van der Waals surface area contributed by atoms with Gasteiger partial charge in [-0.1, -0.05) is 13.0 Å². The lowest BCUT2D eigenvalue weighted by molar-refractivity contribution is -0.134. The molecule has 1 aromatic rings. The molecule has 1 N–H and O–H groups in total. The lowest BCUT2D eigenvalue weighted by atomic mass is 9.99. The average Bonchev–Trinajstić information content (AvgIpc) is 2.60. The minimum Gasteiger partial charge on any atom is -0.340 e. The molecular formula is C19H29N3O4S. The van der Waals surface area contributed by atoms with Gasteiger partial charge in [-0.15, -0.1) is 0 Å². The van der Waals surface area contributed by atoms with E-state index in [9.17, 15) is 18.0 Å². The topological polar surface area (TPSA) is 86.8 Å². The zero-order valence-electron chi connectivity index (χ0n) is 16.3. The van der Waals surface area contributed by atoms with Crippen molar-refractivity contribution in [1.29, 1.82) is 0 Å². The van der Waals surface area contributed by atoms with Crippen LogP contribution in [0.5, 0.6) is 0 Å². The van der Waals surface area contributed by atoms with Crippen LogP contribution in [0.4, 0.5) is 11.4 Å². The number of nitrogens with zero attached hydrogens (tertiary/aromatic N) is 2. The van der Waals surface area contributed by atoms with Crippen LogP contribution < -0.4 is 9.62 Å². The first-order valence-corrected chi connectivity index (χ1v) is 11.2. The van der Waals surface area contributed by atoms with E-state index in [-0.39, 0.29) is 30.8 Å². The molecule has 1 aliphatic heterocycles. The van der Waals surface area contributed by atoms with E-state index in [1.807, 2.05) is 4.90 Å². The summed E-state index contributed by atoms with van der Waals surface area (Å²) >= 11 is 0. The zero-order chi connectivity index (χ0) is 20.0. The number of nitrogens with one attached hydrogen (secondary N) is 1. The van der Waals surface area contributed by atoms with Crippen LogP contribution in [0.2, 0.25) is 0 Å². The molecule has 0 saturated carbocycles. The van der Waals surface area contributed by atoms with Crippen LogP contribution in [-0.2, 0) is 19.6 Å². The number of benzene rings is 1. The van der Waals surface area contributed by atoms with Crippen LogP contribution in [0.1, 0.15) is 46.0 Å². The van der Waals surface area contributed by atoms with Gasteiger partial charge in [0.2, 0.25) is 21.8 Å². The Morgan fingerprint density at radius 1 is 1.30 bits per heavy atom. The third-order valence-electron chi connectivity index (χ3n) is 4.80. The fourth-order valence-corrected chi connectivity index (χ4v) is 4.44. The Balaban J connectivity index is 2.14. The second-order valence-corrected chi connectivity index (χ2v) is 8.87. The van der Waals surface area contributed by atoms with Gasteiger partial charge in [-0.2, -0.15) is 0 Å². The molecule has 0 radical (unpaired) electrons. The summed E-state index contributed by atoms with van der Waals surface area (Å²) < 4.78 is 25.8. The third-order valence-corrected chi connectivity index (χ3v) is 6.00. The van der Waals surface area contributed by atoms with Crippen molar-refractivity contribution in [3.8, 4) is 0 Å². The first-order valence-electron chi connectivity index (χ1n) is 9.37. The average molecular weight is 396 g/mol. The van der Waals surface area contributed by atoms with E-state index in [1.165, 1.54) is 11.2 Å². The highest BCUT2D eigenvalue weighted by Gasteiger charge is 2.26. The Morgan fingerprint density at radius 2 is 2.04 bits per heavy atom. The van der Waals surface area contributed by atoms with Gasteiger partial charge in [0.1, 0.15) is 0 Å². The van der Waals surface area contributed by atoms with Gasteiger partial charge < -0.3 is 10.2 Å². The highest BCUT2D eigenvalue weighted by atomic mass is 32.2. The number of likely N-dealkylation sites (tertiary alicyclic amines) is 1. The van der Waals surface area contributed by atoms with Crippen LogP contribution >= 0.6 is 0 Å². The van der Waals surface area contributed by atoms with Crippen molar-refractivity contribution in [2.45, 2.75) is 52.0 Å². The lowest BCUT2D eigenvalue weighted by Crippen LogP contribution is -2.44. The van der Waals surface area contributed by atoms with Crippen molar-refractivity contribution < 1.29 is 18.0 Å². The van der Waals surface area contributed by atoms with Crippen molar-refractivity contribution in [1.82, 2.24) is 4.90 Å². The molecule has 1 aromatic carbocycles. The fourth-order valence-electron chi connectivity index (χ4n) is 3.52. The molecule has 8 heteroatoms. The molecule has 1 heterocycles. The molecule has 0 bridgehead atoms. The maximum Gasteiger partial charge on any atom is 0.232 e. The predicted molar refractivity (Wildman–Crippen MR) is 107 cm³/mol. The minimum absolute atomic E-state index is 0.00628. The van der Waals surface area contributed by atoms with Crippen molar-refractivity contribution in [2.75, 3.05) is 29.0 Å². The van der Waals surface area contributed by atoms with E-state index < -0.39 is 10.0 Å². The van der Waals surface area contributed by atoms with Crippen LogP contribution in [0, 0.1) is 0 Å². The van der Waals surface area contributed by atoms with Gasteiger partial charge in [0.15, 0.2) is 0 Å². The van der Waals surface area contributed by atoms with Crippen molar-refractivity contribution >= 4 is 33.2 Å². The van der Waals surface area contributed by atoms with Crippen molar-refractivity contribution in [2.24, 2.45) is 0 Å². The van der Waals surface area contributed by atoms with Gasteiger partial charge in [0.25, 0.3) is 0 Å². The summed E-state index contributed by atoms with van der Waals surface area (Å²) in [6.07, 6.45) is 5.31. The Bertz CT molecular complexity index is 779. The van der Waals surface area contributed by atoms with E-state index in [4.69, 9.17) is 0 Å². The van der Waals surface area contributed by atoms with Crippen LogP contribution in [0.15, 0.2) is 24.3 Å². The fraction of sp³-hybridized carbons (Fsp3) is 0.579. The molecular weight excluding hydrogens is 366 g/mol. The Hall–Kier alpha value is -2.09. The van der Waals surface area contributed by atoms with E-state index >= 15 is 0 Å². The maximum absolute atomic E-state index is 12.7. The smallest absolute Gasteiger partial charge is 0.232 e. The number of anilines is 2. The Labute approximate surface area is 161 Å². The van der Waals surface area contributed by atoms with E-state index in [0.717, 1.165) is 38.5 Å². The second-order valence-electron chi connectivity index (χ2n) is 6.96. The van der Waals surface area contributed by atoms with Crippen LogP contribution in [0.3, 0.4) is 0 Å². The lowest BCUT2D eigenvalue weighted by Gasteiger charge is -2.36. The summed E-state index contributed by atoms with van der Waals surface area (Å²) in [5, 5.41) is 2.65. The number of carbonyl (C=O) groups is 2. The molecule has 0 spiro atoms. The molecule has 1 atom stereocenters.